The molecule has 3 amide bonds. The first-order valence-electron chi connectivity index (χ1n) is 8.77. The van der Waals surface area contributed by atoms with Crippen molar-refractivity contribution in [3.8, 4) is 0 Å². The number of alkyl halides is 12. The minimum Gasteiger partial charge on any atom is -0.480 e. The maximum atomic E-state index is 12.1. The van der Waals surface area contributed by atoms with Crippen molar-refractivity contribution in [2.45, 2.75) is 62.5 Å². The summed E-state index contributed by atoms with van der Waals surface area (Å²) < 4.78 is 144. The second-order valence-electron chi connectivity index (χ2n) is 7.10. The van der Waals surface area contributed by atoms with E-state index < -0.39 is 92.2 Å². The number of imide groups is 1. The molecule has 0 saturated carbocycles. The molecule has 19 heteroatoms. The van der Waals surface area contributed by atoms with Gasteiger partial charge in [-0.1, -0.05) is 0 Å². The molecule has 0 radical (unpaired) electrons. The van der Waals surface area contributed by atoms with Gasteiger partial charge >= 0.3 is 36.7 Å². The normalized spacial score (nSPS) is 18.4. The molecule has 0 bridgehead atoms. The van der Waals surface area contributed by atoms with Crippen LogP contribution in [-0.4, -0.2) is 59.8 Å². The lowest BCUT2D eigenvalue weighted by Gasteiger charge is -2.23. The lowest BCUT2D eigenvalue weighted by atomic mass is 9.92. The van der Waals surface area contributed by atoms with Crippen LogP contribution in [0.1, 0.15) is 25.7 Å². The molecule has 0 aromatic heterocycles. The van der Waals surface area contributed by atoms with Crippen molar-refractivity contribution in [1.29, 1.82) is 0 Å². The number of amides is 3. The van der Waals surface area contributed by atoms with E-state index in [0.29, 0.717) is 0 Å². The number of urea groups is 1. The molecular formula is C15H17F12N3O4. The van der Waals surface area contributed by atoms with Gasteiger partial charge < -0.3 is 16.2 Å². The van der Waals surface area contributed by atoms with Gasteiger partial charge in [0.1, 0.15) is 12.1 Å². The predicted octanol–water partition coefficient (Wildman–Crippen LogP) is 3.63. The Morgan fingerprint density at radius 1 is 0.794 bits per heavy atom. The van der Waals surface area contributed by atoms with Gasteiger partial charge in [0, 0.05) is 37.5 Å². The lowest BCUT2D eigenvalue weighted by molar-refractivity contribution is -0.179. The van der Waals surface area contributed by atoms with Crippen LogP contribution < -0.4 is 16.4 Å². The fraction of sp³-hybridized carbons (Fsp3) is 0.800. The van der Waals surface area contributed by atoms with Crippen molar-refractivity contribution in [2.24, 2.45) is 17.6 Å². The Morgan fingerprint density at radius 3 is 1.38 bits per heavy atom. The van der Waals surface area contributed by atoms with Gasteiger partial charge in [0.25, 0.3) is 5.91 Å². The summed E-state index contributed by atoms with van der Waals surface area (Å²) >= 11 is 0. The fourth-order valence-electron chi connectivity index (χ4n) is 2.79. The van der Waals surface area contributed by atoms with Gasteiger partial charge in [-0.3, -0.25) is 14.9 Å². The number of halogens is 12. The summed E-state index contributed by atoms with van der Waals surface area (Å²) in [5, 5.41) is 11.6. The zero-order chi connectivity index (χ0) is 27.3. The molecule has 34 heavy (non-hydrogen) atoms. The monoisotopic (exact) mass is 531 g/mol. The van der Waals surface area contributed by atoms with Crippen LogP contribution in [-0.2, 0) is 9.59 Å². The first-order valence-corrected chi connectivity index (χ1v) is 8.77. The van der Waals surface area contributed by atoms with E-state index in [1.165, 1.54) is 0 Å². The van der Waals surface area contributed by atoms with Crippen molar-refractivity contribution < 1.29 is 72.2 Å². The molecule has 1 rings (SSSR count). The van der Waals surface area contributed by atoms with Gasteiger partial charge in [-0.2, -0.15) is 52.7 Å². The van der Waals surface area contributed by atoms with E-state index in [2.05, 4.69) is 0 Å². The lowest BCUT2D eigenvalue weighted by Crippen LogP contribution is -2.42. The number of nitrogens with one attached hydrogen (secondary N) is 2. The van der Waals surface area contributed by atoms with Crippen molar-refractivity contribution >= 4 is 17.9 Å². The molecule has 0 aromatic carbocycles. The molecule has 0 aliphatic carbocycles. The average molecular weight is 531 g/mol. The van der Waals surface area contributed by atoms with E-state index in [4.69, 9.17) is 10.8 Å². The molecule has 0 aromatic rings. The Kier molecular flexibility index (Phi) is 10.5. The third-order valence-electron chi connectivity index (χ3n) is 4.04. The maximum absolute atomic E-state index is 12.1. The SMILES string of the molecule is NC(C(=O)O)C(CC(F)(F)F)CC(F)(F)F.O=C1NC(=O)C(C(CC(F)(F)F)CC(F)(F)F)N1. The first kappa shape index (κ1) is 31.5. The third kappa shape index (κ3) is 13.9. The number of carboxylic acid groups (broad SMARTS) is 1. The highest BCUT2D eigenvalue weighted by Gasteiger charge is 2.47. The molecule has 0 spiro atoms. The smallest absolute Gasteiger partial charge is 0.389 e. The summed E-state index contributed by atoms with van der Waals surface area (Å²) in [6, 6.07) is -5.11. The number of carbonyl (C=O) groups is 3. The van der Waals surface area contributed by atoms with Crippen molar-refractivity contribution in [1.82, 2.24) is 10.6 Å². The van der Waals surface area contributed by atoms with Gasteiger partial charge in [0.05, 0.1) is 0 Å². The Bertz CT molecular complexity index is 685. The number of rotatable bonds is 7. The Labute approximate surface area is 182 Å². The van der Waals surface area contributed by atoms with Crippen LogP contribution in [0.25, 0.3) is 0 Å². The molecule has 2 unspecified atom stereocenters. The van der Waals surface area contributed by atoms with Gasteiger partial charge in [-0.05, 0) is 0 Å². The number of hydrogen-bond acceptors (Lipinski definition) is 4. The van der Waals surface area contributed by atoms with Crippen LogP contribution in [0.5, 0.6) is 0 Å². The average Bonchev–Trinajstić information content (AvgIpc) is 2.86. The summed E-state index contributed by atoms with van der Waals surface area (Å²) in [5.74, 6) is -7.36. The van der Waals surface area contributed by atoms with Gasteiger partial charge in [0.2, 0.25) is 0 Å². The predicted molar refractivity (Wildman–Crippen MR) is 85.7 cm³/mol. The third-order valence-corrected chi connectivity index (χ3v) is 4.04. The number of nitrogens with two attached hydrogens (primary N) is 1. The summed E-state index contributed by atoms with van der Waals surface area (Å²) in [4.78, 5) is 32.0. The summed E-state index contributed by atoms with van der Waals surface area (Å²) in [6.45, 7) is 0. The highest BCUT2D eigenvalue weighted by molar-refractivity contribution is 6.04. The van der Waals surface area contributed by atoms with Gasteiger partial charge in [0.15, 0.2) is 0 Å². The first-order chi connectivity index (χ1) is 14.9. The molecule has 1 saturated heterocycles. The second kappa shape index (κ2) is 11.3. The van der Waals surface area contributed by atoms with Crippen LogP contribution in [0.15, 0.2) is 0 Å². The zero-order valence-corrected chi connectivity index (χ0v) is 16.4. The van der Waals surface area contributed by atoms with Gasteiger partial charge in [-0.15, -0.1) is 0 Å². The number of carboxylic acids is 1. The Hall–Kier alpha value is -2.47. The van der Waals surface area contributed by atoms with E-state index in [1.807, 2.05) is 0 Å². The van der Waals surface area contributed by atoms with Crippen LogP contribution in [0.3, 0.4) is 0 Å². The van der Waals surface area contributed by atoms with E-state index >= 15 is 0 Å². The summed E-state index contributed by atoms with van der Waals surface area (Å²) in [7, 11) is 0. The van der Waals surface area contributed by atoms with E-state index in [1.54, 1.807) is 10.6 Å². The quantitative estimate of drug-likeness (QED) is 0.296. The molecule has 1 fully saturated rings. The largest absolute Gasteiger partial charge is 0.480 e. The molecular weight excluding hydrogens is 514 g/mol. The van der Waals surface area contributed by atoms with E-state index in [-0.39, 0.29) is 0 Å². The highest BCUT2D eigenvalue weighted by atomic mass is 19.4. The molecule has 1 aliphatic heterocycles. The van der Waals surface area contributed by atoms with Crippen molar-refractivity contribution in [2.75, 3.05) is 0 Å². The van der Waals surface area contributed by atoms with E-state index in [0.717, 1.165) is 0 Å². The van der Waals surface area contributed by atoms with Crippen LogP contribution >= 0.6 is 0 Å². The van der Waals surface area contributed by atoms with E-state index in [9.17, 15) is 67.1 Å². The van der Waals surface area contributed by atoms with Crippen molar-refractivity contribution in [3.63, 3.8) is 0 Å². The fourth-order valence-corrected chi connectivity index (χ4v) is 2.79. The Morgan fingerprint density at radius 2 is 1.15 bits per heavy atom. The summed E-state index contributed by atoms with van der Waals surface area (Å²) in [6.07, 6.45) is -26.8. The molecule has 1 heterocycles. The zero-order valence-electron chi connectivity index (χ0n) is 16.4. The van der Waals surface area contributed by atoms with Crippen LogP contribution in [0, 0.1) is 11.8 Å². The Balaban J connectivity index is 0.000000646. The molecule has 2 atom stereocenters. The molecule has 200 valence electrons. The van der Waals surface area contributed by atoms with Crippen molar-refractivity contribution in [3.05, 3.63) is 0 Å². The standard InChI is InChI=1S/C8H8F6N2O2.C7H9F6NO2/c9-7(10,11)1-3(2-8(12,13)14)4-5(17)16-6(18)15-4;8-6(9,10)1-3(2-7(11,12)13)4(14)5(15)16/h3-4H,1-2H2,(H2,15,16,17,18);3-4H,1-2,14H2,(H,15,16). The van der Waals surface area contributed by atoms with Gasteiger partial charge in [-0.25, -0.2) is 4.79 Å². The molecule has 5 N–H and O–H groups in total. The number of carbonyl (C=O) groups excluding carboxylic acids is 2. The number of hydrogen-bond donors (Lipinski definition) is 4. The maximum Gasteiger partial charge on any atom is 0.389 e. The summed E-state index contributed by atoms with van der Waals surface area (Å²) in [5.41, 5.74) is 4.78. The highest BCUT2D eigenvalue weighted by Crippen LogP contribution is 2.36. The minimum atomic E-state index is -4.89. The topological polar surface area (TPSA) is 122 Å². The van der Waals surface area contributed by atoms with Crippen LogP contribution in [0.4, 0.5) is 57.5 Å². The molecule has 1 aliphatic rings. The molecule has 7 nitrogen and oxygen atoms in total. The minimum absolute atomic E-state index is 1.10. The van der Waals surface area contributed by atoms with Crippen LogP contribution in [0.2, 0.25) is 0 Å². The number of aliphatic carboxylic acids is 1. The second-order valence-corrected chi connectivity index (χ2v) is 7.10.